The zero-order chi connectivity index (χ0) is 29.4. The van der Waals surface area contributed by atoms with Gasteiger partial charge in [-0.15, -0.1) is 0 Å². The van der Waals surface area contributed by atoms with Crippen molar-refractivity contribution in [1.82, 2.24) is 9.13 Å². The molecular formula is C38H22N2O4. The third-order valence-electron chi connectivity index (χ3n) is 8.42. The quantitative estimate of drug-likeness (QED) is 0.213. The lowest BCUT2D eigenvalue weighted by Crippen LogP contribution is -2.38. The van der Waals surface area contributed by atoms with Gasteiger partial charge in [0, 0.05) is 21.7 Å². The first-order valence-electron chi connectivity index (χ1n) is 14.4. The van der Waals surface area contributed by atoms with Crippen LogP contribution >= 0.6 is 0 Å². The van der Waals surface area contributed by atoms with Crippen molar-refractivity contribution in [3.8, 4) is 22.5 Å². The highest BCUT2D eigenvalue weighted by Gasteiger charge is 2.20. The Kier molecular flexibility index (Phi) is 5.10. The Morgan fingerprint density at radius 3 is 1.93 bits per heavy atom. The fourth-order valence-corrected chi connectivity index (χ4v) is 6.43. The summed E-state index contributed by atoms with van der Waals surface area (Å²) in [7, 11) is 0. The highest BCUT2D eigenvalue weighted by Crippen LogP contribution is 2.36. The topological polar surface area (TPSA) is 70.3 Å². The molecule has 208 valence electrons. The summed E-state index contributed by atoms with van der Waals surface area (Å²) in [6.45, 7) is 0. The van der Waals surface area contributed by atoms with E-state index in [1.807, 2.05) is 97.1 Å². The first kappa shape index (κ1) is 24.5. The van der Waals surface area contributed by atoms with Gasteiger partial charge in [-0.25, -0.2) is 9.36 Å². The van der Waals surface area contributed by atoms with Crippen LogP contribution in [-0.4, -0.2) is 9.13 Å². The van der Waals surface area contributed by atoms with Gasteiger partial charge in [-0.05, 0) is 54.1 Å². The first-order valence-corrected chi connectivity index (χ1v) is 14.4. The molecule has 9 aromatic rings. The molecule has 6 heteroatoms. The van der Waals surface area contributed by atoms with E-state index < -0.39 is 5.69 Å². The fourth-order valence-electron chi connectivity index (χ4n) is 6.43. The van der Waals surface area contributed by atoms with Crippen LogP contribution in [0.5, 0.6) is 0 Å². The number of furan rings is 2. The molecule has 0 fully saturated rings. The Morgan fingerprint density at radius 1 is 0.477 bits per heavy atom. The average molecular weight is 571 g/mol. The van der Waals surface area contributed by atoms with E-state index >= 15 is 0 Å². The largest absolute Gasteiger partial charge is 0.456 e. The molecule has 3 aromatic heterocycles. The minimum atomic E-state index is -0.460. The second-order valence-electron chi connectivity index (χ2n) is 10.9. The summed E-state index contributed by atoms with van der Waals surface area (Å²) < 4.78 is 15.2. The lowest BCUT2D eigenvalue weighted by molar-refractivity contribution is 0.668. The van der Waals surface area contributed by atoms with Crippen LogP contribution in [0, 0.1) is 0 Å². The lowest BCUT2D eigenvalue weighted by Gasteiger charge is -2.15. The maximum absolute atomic E-state index is 14.4. The van der Waals surface area contributed by atoms with Crippen molar-refractivity contribution in [2.24, 2.45) is 0 Å². The molecule has 3 heterocycles. The maximum Gasteiger partial charge on any atom is 0.340 e. The summed E-state index contributed by atoms with van der Waals surface area (Å²) in [6, 6.07) is 42.2. The molecule has 0 unspecified atom stereocenters. The highest BCUT2D eigenvalue weighted by atomic mass is 16.3. The number of aromatic nitrogens is 2. The molecule has 9 rings (SSSR count). The van der Waals surface area contributed by atoms with E-state index in [-0.39, 0.29) is 5.56 Å². The summed E-state index contributed by atoms with van der Waals surface area (Å²) in [4.78, 5) is 28.4. The molecule has 0 aliphatic carbocycles. The second kappa shape index (κ2) is 9.18. The van der Waals surface area contributed by atoms with Gasteiger partial charge in [0.05, 0.1) is 27.7 Å². The summed E-state index contributed by atoms with van der Waals surface area (Å²) in [5.41, 5.74) is 5.70. The normalized spacial score (nSPS) is 11.8. The van der Waals surface area contributed by atoms with Crippen LogP contribution in [0.2, 0.25) is 0 Å². The van der Waals surface area contributed by atoms with E-state index in [0.717, 1.165) is 43.8 Å². The molecule has 0 saturated carbocycles. The molecule has 0 aliphatic heterocycles. The maximum atomic E-state index is 14.4. The standard InChI is InChI=1S/C38H22N2O4/c41-37-28-10-1-4-14-30(28)39(38(42)40(37)31-15-8-18-34-35(31)29-11-3-6-17-33(29)43-34)24-21-19-23(20-22-24)25-12-7-13-27-26-9-2-5-16-32(26)44-36(25)27/h1-22H. The third-order valence-corrected chi connectivity index (χ3v) is 8.42. The Balaban J connectivity index is 1.27. The van der Waals surface area contributed by atoms with Crippen molar-refractivity contribution in [1.29, 1.82) is 0 Å². The van der Waals surface area contributed by atoms with E-state index in [4.69, 9.17) is 8.83 Å². The van der Waals surface area contributed by atoms with Gasteiger partial charge < -0.3 is 8.83 Å². The van der Waals surface area contributed by atoms with Crippen LogP contribution < -0.4 is 11.2 Å². The molecule has 0 atom stereocenters. The molecule has 0 N–H and O–H groups in total. The van der Waals surface area contributed by atoms with E-state index in [9.17, 15) is 9.59 Å². The van der Waals surface area contributed by atoms with E-state index in [0.29, 0.717) is 33.4 Å². The SMILES string of the molecule is O=c1c2ccccc2n(-c2ccc(-c3cccc4c3oc3ccccc34)cc2)c(=O)n1-c1cccc2oc3ccccc3c12. The predicted octanol–water partition coefficient (Wildman–Crippen LogP) is 8.61. The zero-order valence-electron chi connectivity index (χ0n) is 23.2. The molecule has 0 bridgehead atoms. The van der Waals surface area contributed by atoms with Crippen LogP contribution in [0.25, 0.3) is 77.3 Å². The van der Waals surface area contributed by atoms with Crippen molar-refractivity contribution in [2.75, 3.05) is 0 Å². The van der Waals surface area contributed by atoms with Crippen LogP contribution in [0.15, 0.2) is 152 Å². The van der Waals surface area contributed by atoms with Gasteiger partial charge in [0.25, 0.3) is 5.56 Å². The number of hydrogen-bond donors (Lipinski definition) is 0. The minimum absolute atomic E-state index is 0.382. The number of para-hydroxylation sites is 4. The molecule has 0 radical (unpaired) electrons. The Bertz CT molecular complexity index is 2710. The molecule has 0 amide bonds. The number of nitrogens with zero attached hydrogens (tertiary/aromatic N) is 2. The molecular weight excluding hydrogens is 548 g/mol. The fraction of sp³-hybridized carbons (Fsp3) is 0. The molecule has 6 aromatic carbocycles. The minimum Gasteiger partial charge on any atom is -0.456 e. The third kappa shape index (κ3) is 3.42. The van der Waals surface area contributed by atoms with Gasteiger partial charge >= 0.3 is 5.69 Å². The van der Waals surface area contributed by atoms with Crippen molar-refractivity contribution < 1.29 is 8.83 Å². The van der Waals surface area contributed by atoms with Gasteiger partial charge in [-0.3, -0.25) is 9.36 Å². The van der Waals surface area contributed by atoms with E-state index in [2.05, 4.69) is 12.1 Å². The Hall–Kier alpha value is -6.14. The van der Waals surface area contributed by atoms with Crippen molar-refractivity contribution in [2.45, 2.75) is 0 Å². The summed E-state index contributed by atoms with van der Waals surface area (Å²) in [5, 5.41) is 4.12. The number of rotatable bonds is 3. The van der Waals surface area contributed by atoms with E-state index in [1.165, 1.54) is 4.57 Å². The Morgan fingerprint density at radius 2 is 1.11 bits per heavy atom. The second-order valence-corrected chi connectivity index (χ2v) is 10.9. The summed E-state index contributed by atoms with van der Waals surface area (Å²) in [6.07, 6.45) is 0. The Labute approximate surface area is 249 Å². The zero-order valence-corrected chi connectivity index (χ0v) is 23.2. The smallest absolute Gasteiger partial charge is 0.340 e. The molecule has 0 saturated heterocycles. The molecule has 44 heavy (non-hydrogen) atoms. The lowest BCUT2D eigenvalue weighted by atomic mass is 10.0. The van der Waals surface area contributed by atoms with Crippen LogP contribution in [0.1, 0.15) is 0 Å². The first-order chi connectivity index (χ1) is 21.7. The van der Waals surface area contributed by atoms with Crippen molar-refractivity contribution in [3.05, 3.63) is 154 Å². The van der Waals surface area contributed by atoms with Crippen molar-refractivity contribution >= 4 is 54.8 Å². The number of hydrogen-bond acceptors (Lipinski definition) is 4. The number of fused-ring (bicyclic) bond motifs is 7. The van der Waals surface area contributed by atoms with Gasteiger partial charge in [0.2, 0.25) is 0 Å². The molecule has 6 nitrogen and oxygen atoms in total. The van der Waals surface area contributed by atoms with Gasteiger partial charge in [-0.1, -0.05) is 84.9 Å². The number of benzene rings is 6. The van der Waals surface area contributed by atoms with Crippen LogP contribution in [-0.2, 0) is 0 Å². The predicted molar refractivity (Wildman–Crippen MR) is 175 cm³/mol. The van der Waals surface area contributed by atoms with E-state index in [1.54, 1.807) is 28.8 Å². The van der Waals surface area contributed by atoms with Gasteiger partial charge in [0.15, 0.2) is 0 Å². The monoisotopic (exact) mass is 570 g/mol. The molecule has 0 aliphatic rings. The average Bonchev–Trinajstić information content (AvgIpc) is 3.64. The summed E-state index contributed by atoms with van der Waals surface area (Å²) in [5.74, 6) is 0. The van der Waals surface area contributed by atoms with Crippen LogP contribution in [0.3, 0.4) is 0 Å². The van der Waals surface area contributed by atoms with Crippen LogP contribution in [0.4, 0.5) is 0 Å². The van der Waals surface area contributed by atoms with Gasteiger partial charge in [0.1, 0.15) is 22.3 Å². The highest BCUT2D eigenvalue weighted by molar-refractivity contribution is 6.10. The van der Waals surface area contributed by atoms with Gasteiger partial charge in [-0.2, -0.15) is 0 Å². The molecule has 0 spiro atoms. The van der Waals surface area contributed by atoms with Crippen molar-refractivity contribution in [3.63, 3.8) is 0 Å². The summed E-state index contributed by atoms with van der Waals surface area (Å²) >= 11 is 0.